The van der Waals surface area contributed by atoms with Gasteiger partial charge in [0, 0.05) is 43.7 Å². The lowest BCUT2D eigenvalue weighted by Crippen LogP contribution is -2.49. The summed E-state index contributed by atoms with van der Waals surface area (Å²) in [6.45, 7) is 5.13. The zero-order valence-corrected chi connectivity index (χ0v) is 16.9. The first kappa shape index (κ1) is 18.6. The van der Waals surface area contributed by atoms with Crippen molar-refractivity contribution in [2.45, 2.75) is 19.8 Å². The van der Waals surface area contributed by atoms with Crippen molar-refractivity contribution in [1.29, 1.82) is 0 Å². The molecule has 0 N–H and O–H groups in total. The first-order valence-electron chi connectivity index (χ1n) is 9.62. The first-order chi connectivity index (χ1) is 13.7. The van der Waals surface area contributed by atoms with Crippen LogP contribution in [0.4, 0.5) is 5.82 Å². The van der Waals surface area contributed by atoms with Crippen LogP contribution < -0.4 is 4.90 Å². The van der Waals surface area contributed by atoms with E-state index in [0.717, 1.165) is 54.0 Å². The van der Waals surface area contributed by atoms with E-state index in [1.165, 1.54) is 5.56 Å². The lowest BCUT2D eigenvalue weighted by Gasteiger charge is -2.35. The number of carbonyl (C=O) groups excluding carboxylic acids is 1. The van der Waals surface area contributed by atoms with Crippen LogP contribution in [0, 0.1) is 6.92 Å². The number of hydrogen-bond acceptors (Lipinski definition) is 5. The fourth-order valence-electron chi connectivity index (χ4n) is 3.47. The smallest absolute Gasteiger partial charge is 0.228 e. The molecular formula is C22H24N4OS. The van der Waals surface area contributed by atoms with Gasteiger partial charge in [-0.3, -0.25) is 4.79 Å². The number of thiazole rings is 1. The molecule has 0 spiro atoms. The molecule has 5 nitrogen and oxygen atoms in total. The molecule has 3 heterocycles. The summed E-state index contributed by atoms with van der Waals surface area (Å²) >= 11 is 1.67. The summed E-state index contributed by atoms with van der Waals surface area (Å²) < 4.78 is 0. The maximum absolute atomic E-state index is 12.8. The minimum atomic E-state index is 0.193. The van der Waals surface area contributed by atoms with Crippen LogP contribution >= 0.6 is 11.3 Å². The van der Waals surface area contributed by atoms with Crippen LogP contribution in [-0.4, -0.2) is 47.0 Å². The van der Waals surface area contributed by atoms with Gasteiger partial charge in [0.05, 0.1) is 17.1 Å². The average Bonchev–Trinajstić information content (AvgIpc) is 3.08. The first-order valence-corrected chi connectivity index (χ1v) is 10.4. The summed E-state index contributed by atoms with van der Waals surface area (Å²) in [5.41, 5.74) is 2.23. The standard InChI is InChI=1S/C22H24N4OS/c1-17-19(28-21(24-17)15-18-7-3-2-4-8-18)16-22(27)26-13-11-25(12-14-26)20-9-5-6-10-23-20/h2-10H,11-16H2,1H3. The number of anilines is 1. The molecule has 1 aromatic carbocycles. The number of amides is 1. The predicted molar refractivity (Wildman–Crippen MR) is 113 cm³/mol. The van der Waals surface area contributed by atoms with Crippen LogP contribution in [0.1, 0.15) is 21.1 Å². The summed E-state index contributed by atoms with van der Waals surface area (Å²) in [7, 11) is 0. The highest BCUT2D eigenvalue weighted by atomic mass is 32.1. The van der Waals surface area contributed by atoms with Crippen molar-refractivity contribution in [3.63, 3.8) is 0 Å². The Morgan fingerprint density at radius 1 is 1.04 bits per heavy atom. The topological polar surface area (TPSA) is 49.3 Å². The van der Waals surface area contributed by atoms with Crippen LogP contribution in [0.25, 0.3) is 0 Å². The van der Waals surface area contributed by atoms with Gasteiger partial charge in [-0.05, 0) is 24.6 Å². The Morgan fingerprint density at radius 3 is 2.50 bits per heavy atom. The number of nitrogens with zero attached hydrogens (tertiary/aromatic N) is 4. The van der Waals surface area contributed by atoms with E-state index < -0.39 is 0 Å². The number of rotatable bonds is 5. The molecule has 4 rings (SSSR count). The van der Waals surface area contributed by atoms with Gasteiger partial charge >= 0.3 is 0 Å². The fourth-order valence-corrected chi connectivity index (χ4v) is 4.57. The summed E-state index contributed by atoms with van der Waals surface area (Å²) in [6.07, 6.45) is 3.08. The minimum absolute atomic E-state index is 0.193. The molecule has 1 aliphatic heterocycles. The second-order valence-corrected chi connectivity index (χ2v) is 8.18. The van der Waals surface area contributed by atoms with Gasteiger partial charge in [0.25, 0.3) is 0 Å². The minimum Gasteiger partial charge on any atom is -0.353 e. The van der Waals surface area contributed by atoms with Gasteiger partial charge in [-0.1, -0.05) is 36.4 Å². The lowest BCUT2D eigenvalue weighted by atomic mass is 10.2. The van der Waals surface area contributed by atoms with Gasteiger partial charge in [-0.15, -0.1) is 11.3 Å². The summed E-state index contributed by atoms with van der Waals surface area (Å²) in [5.74, 6) is 1.18. The predicted octanol–water partition coefficient (Wildman–Crippen LogP) is 3.33. The molecule has 1 saturated heterocycles. The molecule has 3 aromatic rings. The Hall–Kier alpha value is -2.73. The molecule has 6 heteroatoms. The van der Waals surface area contributed by atoms with E-state index >= 15 is 0 Å². The molecule has 0 bridgehead atoms. The average molecular weight is 393 g/mol. The van der Waals surface area contributed by atoms with Crippen molar-refractivity contribution in [2.24, 2.45) is 0 Å². The highest BCUT2D eigenvalue weighted by Crippen LogP contribution is 2.22. The largest absolute Gasteiger partial charge is 0.353 e. The third-order valence-electron chi connectivity index (χ3n) is 5.05. The molecule has 28 heavy (non-hydrogen) atoms. The van der Waals surface area contributed by atoms with Crippen LogP contribution in [0.5, 0.6) is 0 Å². The third kappa shape index (κ3) is 4.39. The highest BCUT2D eigenvalue weighted by molar-refractivity contribution is 7.11. The van der Waals surface area contributed by atoms with Gasteiger partial charge in [0.15, 0.2) is 0 Å². The van der Waals surface area contributed by atoms with Crippen LogP contribution in [0.15, 0.2) is 54.7 Å². The van der Waals surface area contributed by atoms with Gasteiger partial charge in [0.1, 0.15) is 5.82 Å². The molecule has 0 atom stereocenters. The normalized spacial score (nSPS) is 14.3. The summed E-state index contributed by atoms with van der Waals surface area (Å²) in [6, 6.07) is 16.3. The Bertz CT molecular complexity index is 918. The van der Waals surface area contributed by atoms with E-state index in [1.807, 2.05) is 54.4 Å². The van der Waals surface area contributed by atoms with Gasteiger partial charge in [0.2, 0.25) is 5.91 Å². The Balaban J connectivity index is 1.34. The van der Waals surface area contributed by atoms with Gasteiger partial charge in [-0.25, -0.2) is 9.97 Å². The van der Waals surface area contributed by atoms with Crippen LogP contribution in [-0.2, 0) is 17.6 Å². The molecule has 1 aliphatic rings. The Kier molecular flexibility index (Phi) is 5.67. The number of benzene rings is 1. The second-order valence-electron chi connectivity index (χ2n) is 7.01. The van der Waals surface area contributed by atoms with Crippen molar-refractivity contribution < 1.29 is 4.79 Å². The van der Waals surface area contributed by atoms with E-state index in [4.69, 9.17) is 0 Å². The molecule has 1 amide bonds. The Labute approximate surface area is 169 Å². The number of aromatic nitrogens is 2. The quantitative estimate of drug-likeness (QED) is 0.668. The molecule has 144 valence electrons. The fraction of sp³-hybridized carbons (Fsp3) is 0.318. The van der Waals surface area contributed by atoms with Crippen molar-refractivity contribution in [1.82, 2.24) is 14.9 Å². The number of piperazine rings is 1. The summed E-state index contributed by atoms with van der Waals surface area (Å²) in [4.78, 5) is 27.2. The van der Waals surface area contributed by atoms with Crippen molar-refractivity contribution in [3.05, 3.63) is 75.9 Å². The summed E-state index contributed by atoms with van der Waals surface area (Å²) in [5, 5.41) is 1.08. The zero-order valence-electron chi connectivity index (χ0n) is 16.0. The van der Waals surface area contributed by atoms with Crippen molar-refractivity contribution in [2.75, 3.05) is 31.1 Å². The van der Waals surface area contributed by atoms with Crippen LogP contribution in [0.2, 0.25) is 0 Å². The SMILES string of the molecule is Cc1nc(Cc2ccccc2)sc1CC(=O)N1CCN(c2ccccn2)CC1. The maximum atomic E-state index is 12.8. The maximum Gasteiger partial charge on any atom is 0.228 e. The third-order valence-corrected chi connectivity index (χ3v) is 6.21. The van der Waals surface area contributed by atoms with E-state index in [1.54, 1.807) is 11.3 Å². The van der Waals surface area contributed by atoms with E-state index in [2.05, 4.69) is 27.0 Å². The molecule has 0 unspecified atom stereocenters. The van der Waals surface area contributed by atoms with E-state index in [9.17, 15) is 4.79 Å². The number of carbonyl (C=O) groups is 1. The van der Waals surface area contributed by atoms with E-state index in [-0.39, 0.29) is 5.91 Å². The van der Waals surface area contributed by atoms with Crippen molar-refractivity contribution in [3.8, 4) is 0 Å². The molecule has 1 fully saturated rings. The van der Waals surface area contributed by atoms with Gasteiger partial charge < -0.3 is 9.80 Å². The monoisotopic (exact) mass is 392 g/mol. The van der Waals surface area contributed by atoms with Crippen molar-refractivity contribution >= 4 is 23.1 Å². The molecule has 0 aliphatic carbocycles. The molecule has 2 aromatic heterocycles. The highest BCUT2D eigenvalue weighted by Gasteiger charge is 2.23. The second kappa shape index (κ2) is 8.52. The van der Waals surface area contributed by atoms with E-state index in [0.29, 0.717) is 6.42 Å². The number of hydrogen-bond donors (Lipinski definition) is 0. The molecule has 0 radical (unpaired) electrons. The number of pyridine rings is 1. The molecule has 0 saturated carbocycles. The zero-order chi connectivity index (χ0) is 19.3. The van der Waals surface area contributed by atoms with Crippen LogP contribution in [0.3, 0.4) is 0 Å². The number of aryl methyl sites for hydroxylation is 1. The molecular weight excluding hydrogens is 368 g/mol. The Morgan fingerprint density at radius 2 is 1.79 bits per heavy atom. The van der Waals surface area contributed by atoms with Gasteiger partial charge in [-0.2, -0.15) is 0 Å². The lowest BCUT2D eigenvalue weighted by molar-refractivity contribution is -0.130.